The van der Waals surface area contributed by atoms with Gasteiger partial charge in [-0.05, 0) is 67.0 Å². The van der Waals surface area contributed by atoms with Crippen molar-refractivity contribution >= 4 is 17.6 Å². The van der Waals surface area contributed by atoms with E-state index in [4.69, 9.17) is 0 Å². The molecule has 3 N–H and O–H groups in total. The summed E-state index contributed by atoms with van der Waals surface area (Å²) in [5.74, 6) is 1.25. The van der Waals surface area contributed by atoms with Crippen LogP contribution in [-0.4, -0.2) is 30.6 Å². The van der Waals surface area contributed by atoms with Gasteiger partial charge >= 0.3 is 0 Å². The van der Waals surface area contributed by atoms with Crippen molar-refractivity contribution in [2.24, 2.45) is 4.99 Å². The summed E-state index contributed by atoms with van der Waals surface area (Å²) in [5.41, 5.74) is 5.71. The van der Waals surface area contributed by atoms with Gasteiger partial charge in [-0.15, -0.1) is 0 Å². The van der Waals surface area contributed by atoms with Crippen LogP contribution in [0.4, 0.5) is 5.69 Å². The first-order valence-corrected chi connectivity index (χ1v) is 10.8. The van der Waals surface area contributed by atoms with Crippen LogP contribution >= 0.6 is 0 Å². The van der Waals surface area contributed by atoms with Gasteiger partial charge in [0, 0.05) is 44.4 Å². The van der Waals surface area contributed by atoms with Gasteiger partial charge in [0.1, 0.15) is 5.75 Å². The number of guanidine groups is 1. The van der Waals surface area contributed by atoms with Crippen LogP contribution in [0, 0.1) is 0 Å². The van der Waals surface area contributed by atoms with E-state index in [1.165, 1.54) is 24.0 Å². The van der Waals surface area contributed by atoms with Crippen LogP contribution < -0.4 is 15.5 Å². The van der Waals surface area contributed by atoms with E-state index in [9.17, 15) is 9.90 Å². The summed E-state index contributed by atoms with van der Waals surface area (Å²) in [5, 5.41) is 17.0. The Bertz CT molecular complexity index is 937. The SMILES string of the molecule is CN=C(NCc1ccc(N2CCCC2=O)cc1)NCc1c(O)ccc2c1CCCC2. The van der Waals surface area contributed by atoms with Crippen molar-refractivity contribution in [3.05, 3.63) is 58.7 Å². The predicted octanol–water partition coefficient (Wildman–Crippen LogP) is 3.26. The van der Waals surface area contributed by atoms with Crippen molar-refractivity contribution in [3.8, 4) is 5.75 Å². The normalized spacial score (nSPS) is 16.5. The monoisotopic (exact) mass is 406 g/mol. The molecule has 1 heterocycles. The number of rotatable bonds is 5. The third-order valence-corrected chi connectivity index (χ3v) is 6.06. The second-order valence-corrected chi connectivity index (χ2v) is 8.00. The Labute approximate surface area is 178 Å². The molecule has 0 bridgehead atoms. The zero-order valence-corrected chi connectivity index (χ0v) is 17.6. The second kappa shape index (κ2) is 9.20. The lowest BCUT2D eigenvalue weighted by Gasteiger charge is -2.21. The summed E-state index contributed by atoms with van der Waals surface area (Å²) in [6, 6.07) is 12.0. The number of carbonyl (C=O) groups is 1. The average Bonchev–Trinajstić information content (AvgIpc) is 3.21. The number of carbonyl (C=O) groups excluding carboxylic acids is 1. The van der Waals surface area contributed by atoms with Crippen LogP contribution in [0.2, 0.25) is 0 Å². The number of amides is 1. The standard InChI is InChI=1S/C24H30N4O2/c1-25-24(27-16-21-20-6-3-2-5-18(20)10-13-22(21)29)26-15-17-8-11-19(12-9-17)28-14-4-7-23(28)30/h8-13,29H,2-7,14-16H2,1H3,(H2,25,26,27). The van der Waals surface area contributed by atoms with E-state index in [2.05, 4.69) is 21.7 Å². The minimum absolute atomic E-state index is 0.205. The second-order valence-electron chi connectivity index (χ2n) is 8.00. The van der Waals surface area contributed by atoms with Gasteiger partial charge < -0.3 is 20.6 Å². The number of nitrogens with zero attached hydrogens (tertiary/aromatic N) is 2. The lowest BCUT2D eigenvalue weighted by atomic mass is 9.88. The summed E-state index contributed by atoms with van der Waals surface area (Å²) < 4.78 is 0. The van der Waals surface area contributed by atoms with Crippen LogP contribution in [0.25, 0.3) is 0 Å². The molecule has 4 rings (SSSR count). The highest BCUT2D eigenvalue weighted by molar-refractivity contribution is 5.95. The molecule has 0 unspecified atom stereocenters. The number of anilines is 1. The molecular weight excluding hydrogens is 376 g/mol. The van der Waals surface area contributed by atoms with Crippen molar-refractivity contribution in [1.29, 1.82) is 0 Å². The fraction of sp³-hybridized carbons (Fsp3) is 0.417. The topological polar surface area (TPSA) is 77.0 Å². The van der Waals surface area contributed by atoms with Crippen LogP contribution in [0.5, 0.6) is 5.75 Å². The van der Waals surface area contributed by atoms with E-state index in [-0.39, 0.29) is 5.91 Å². The highest BCUT2D eigenvalue weighted by Crippen LogP contribution is 2.30. The number of phenols is 1. The Balaban J connectivity index is 1.34. The predicted molar refractivity (Wildman–Crippen MR) is 120 cm³/mol. The van der Waals surface area contributed by atoms with Gasteiger partial charge in [-0.3, -0.25) is 9.79 Å². The average molecular weight is 407 g/mol. The minimum Gasteiger partial charge on any atom is -0.508 e. The number of nitrogens with one attached hydrogen (secondary N) is 2. The fourth-order valence-electron chi connectivity index (χ4n) is 4.38. The van der Waals surface area contributed by atoms with E-state index in [1.54, 1.807) is 7.05 Å². The van der Waals surface area contributed by atoms with Crippen molar-refractivity contribution < 1.29 is 9.90 Å². The third-order valence-electron chi connectivity index (χ3n) is 6.06. The molecule has 2 aromatic rings. The molecule has 1 aliphatic heterocycles. The molecule has 0 saturated carbocycles. The number of aryl methyl sites for hydroxylation is 1. The molecule has 1 amide bonds. The van der Waals surface area contributed by atoms with E-state index in [1.807, 2.05) is 35.2 Å². The summed E-state index contributed by atoms with van der Waals surface area (Å²) in [4.78, 5) is 18.1. The molecule has 0 spiro atoms. The Morgan fingerprint density at radius 1 is 1.00 bits per heavy atom. The van der Waals surface area contributed by atoms with Gasteiger partial charge in [-0.25, -0.2) is 0 Å². The van der Waals surface area contributed by atoms with Gasteiger partial charge in [0.15, 0.2) is 5.96 Å². The van der Waals surface area contributed by atoms with E-state index >= 15 is 0 Å². The minimum atomic E-state index is 0.205. The Hall–Kier alpha value is -3.02. The highest BCUT2D eigenvalue weighted by Gasteiger charge is 2.21. The quantitative estimate of drug-likeness (QED) is 0.526. The molecule has 1 fully saturated rings. The lowest BCUT2D eigenvalue weighted by molar-refractivity contribution is -0.117. The molecule has 2 aliphatic rings. The summed E-state index contributed by atoms with van der Waals surface area (Å²) >= 11 is 0. The maximum absolute atomic E-state index is 11.9. The molecule has 0 aromatic heterocycles. The lowest BCUT2D eigenvalue weighted by Crippen LogP contribution is -2.36. The van der Waals surface area contributed by atoms with Crippen molar-refractivity contribution in [2.75, 3.05) is 18.5 Å². The zero-order valence-electron chi connectivity index (χ0n) is 17.6. The number of aromatic hydroxyl groups is 1. The fourth-order valence-corrected chi connectivity index (χ4v) is 4.38. The smallest absolute Gasteiger partial charge is 0.227 e. The van der Waals surface area contributed by atoms with Crippen LogP contribution in [0.15, 0.2) is 41.4 Å². The molecule has 0 atom stereocenters. The first-order chi connectivity index (χ1) is 14.7. The summed E-state index contributed by atoms with van der Waals surface area (Å²) in [7, 11) is 1.75. The molecule has 30 heavy (non-hydrogen) atoms. The number of hydrogen-bond acceptors (Lipinski definition) is 3. The molecule has 2 aromatic carbocycles. The third kappa shape index (κ3) is 4.42. The molecular formula is C24H30N4O2. The summed E-state index contributed by atoms with van der Waals surface area (Å²) in [6.45, 7) is 1.99. The van der Waals surface area contributed by atoms with Crippen molar-refractivity contribution in [1.82, 2.24) is 10.6 Å². The molecule has 6 heteroatoms. The first kappa shape index (κ1) is 20.3. The number of aliphatic imine (C=N–C) groups is 1. The van der Waals surface area contributed by atoms with Gasteiger partial charge in [0.25, 0.3) is 0 Å². The molecule has 158 valence electrons. The highest BCUT2D eigenvalue weighted by atomic mass is 16.3. The van der Waals surface area contributed by atoms with E-state index in [0.717, 1.165) is 42.6 Å². The Kier molecular flexibility index (Phi) is 6.21. The zero-order chi connectivity index (χ0) is 20.9. The first-order valence-electron chi connectivity index (χ1n) is 10.8. The van der Waals surface area contributed by atoms with Crippen LogP contribution in [0.3, 0.4) is 0 Å². The Morgan fingerprint density at radius 3 is 2.50 bits per heavy atom. The summed E-state index contributed by atoms with van der Waals surface area (Å²) in [6.07, 6.45) is 6.09. The van der Waals surface area contributed by atoms with Crippen molar-refractivity contribution in [2.45, 2.75) is 51.6 Å². The van der Waals surface area contributed by atoms with Crippen molar-refractivity contribution in [3.63, 3.8) is 0 Å². The van der Waals surface area contributed by atoms with E-state index in [0.29, 0.717) is 31.2 Å². The molecule has 1 aliphatic carbocycles. The van der Waals surface area contributed by atoms with Gasteiger partial charge in [-0.1, -0.05) is 18.2 Å². The molecule has 0 radical (unpaired) electrons. The maximum atomic E-state index is 11.9. The number of hydrogen-bond donors (Lipinski definition) is 3. The van der Waals surface area contributed by atoms with E-state index < -0.39 is 0 Å². The van der Waals surface area contributed by atoms with Gasteiger partial charge in [0.2, 0.25) is 5.91 Å². The van der Waals surface area contributed by atoms with Gasteiger partial charge in [0.05, 0.1) is 0 Å². The van der Waals surface area contributed by atoms with Crippen LogP contribution in [-0.2, 0) is 30.7 Å². The molecule has 1 saturated heterocycles. The number of fused-ring (bicyclic) bond motifs is 1. The van der Waals surface area contributed by atoms with Crippen LogP contribution in [0.1, 0.15) is 47.9 Å². The number of benzene rings is 2. The number of phenolic OH excluding ortho intramolecular Hbond substituents is 1. The Morgan fingerprint density at radius 2 is 1.77 bits per heavy atom. The molecule has 6 nitrogen and oxygen atoms in total. The largest absolute Gasteiger partial charge is 0.508 e. The van der Waals surface area contributed by atoms with Gasteiger partial charge in [-0.2, -0.15) is 0 Å². The maximum Gasteiger partial charge on any atom is 0.227 e.